The third kappa shape index (κ3) is 5.61. The number of nitrogens with zero attached hydrogens (tertiary/aromatic N) is 4. The van der Waals surface area contributed by atoms with Gasteiger partial charge in [-0.2, -0.15) is 0 Å². The molecular formula is C31H32FN5O2. The van der Waals surface area contributed by atoms with Gasteiger partial charge in [-0.3, -0.25) is 14.5 Å². The Kier molecular flexibility index (Phi) is 7.56. The van der Waals surface area contributed by atoms with Gasteiger partial charge in [0.2, 0.25) is 0 Å². The average Bonchev–Trinajstić information content (AvgIpc) is 3.32. The van der Waals surface area contributed by atoms with Crippen LogP contribution in [0.3, 0.4) is 0 Å². The van der Waals surface area contributed by atoms with Crippen LogP contribution in [0.1, 0.15) is 50.0 Å². The summed E-state index contributed by atoms with van der Waals surface area (Å²) >= 11 is 0. The average molecular weight is 526 g/mol. The minimum absolute atomic E-state index is 0.114. The molecule has 200 valence electrons. The molecule has 1 unspecified atom stereocenters. The molecule has 0 aliphatic carbocycles. The van der Waals surface area contributed by atoms with Crippen LogP contribution in [0.25, 0.3) is 0 Å². The van der Waals surface area contributed by atoms with E-state index in [0.29, 0.717) is 42.0 Å². The summed E-state index contributed by atoms with van der Waals surface area (Å²) in [5, 5.41) is 3.42. The SMILES string of the molecule is Cc1ccc(F)cc1C(=O)N(CCCN(C)C)c1ccc(C(=O)C2Nc3ccccc3Cn3cccc32)cn1. The summed E-state index contributed by atoms with van der Waals surface area (Å²) in [5.41, 5.74) is 4.33. The van der Waals surface area contributed by atoms with Crippen molar-refractivity contribution in [3.63, 3.8) is 0 Å². The molecular weight excluding hydrogens is 493 g/mol. The summed E-state index contributed by atoms with van der Waals surface area (Å²) in [7, 11) is 3.94. The van der Waals surface area contributed by atoms with Gasteiger partial charge in [-0.25, -0.2) is 9.37 Å². The van der Waals surface area contributed by atoms with E-state index in [0.717, 1.165) is 23.5 Å². The summed E-state index contributed by atoms with van der Waals surface area (Å²) in [6.45, 7) is 3.64. The number of fused-ring (bicyclic) bond motifs is 2. The first-order valence-electron chi connectivity index (χ1n) is 13.0. The lowest BCUT2D eigenvalue weighted by Gasteiger charge is -2.24. The van der Waals surface area contributed by atoms with Gasteiger partial charge < -0.3 is 14.8 Å². The molecule has 1 amide bonds. The van der Waals surface area contributed by atoms with Crippen LogP contribution in [0.4, 0.5) is 15.9 Å². The molecule has 0 spiro atoms. The zero-order valence-corrected chi connectivity index (χ0v) is 22.4. The van der Waals surface area contributed by atoms with E-state index >= 15 is 0 Å². The molecule has 2 aromatic carbocycles. The Morgan fingerprint density at radius 3 is 2.64 bits per heavy atom. The number of carbonyl (C=O) groups excluding carboxylic acids is 2. The number of pyridine rings is 1. The largest absolute Gasteiger partial charge is 0.370 e. The Balaban J connectivity index is 1.43. The number of benzene rings is 2. The third-order valence-electron chi connectivity index (χ3n) is 7.05. The number of amides is 1. The van der Waals surface area contributed by atoms with E-state index in [2.05, 4.69) is 20.9 Å². The maximum absolute atomic E-state index is 14.0. The van der Waals surface area contributed by atoms with Crippen LogP contribution in [-0.4, -0.2) is 53.3 Å². The molecule has 2 aromatic heterocycles. The Hall–Kier alpha value is -4.30. The Morgan fingerprint density at radius 1 is 1.05 bits per heavy atom. The van der Waals surface area contributed by atoms with E-state index in [1.54, 1.807) is 30.0 Å². The highest BCUT2D eigenvalue weighted by Gasteiger charge is 2.29. The number of aryl methyl sites for hydroxylation is 1. The number of anilines is 2. The molecule has 0 saturated heterocycles. The molecule has 0 fully saturated rings. The molecule has 7 nitrogen and oxygen atoms in total. The molecule has 1 N–H and O–H groups in total. The lowest BCUT2D eigenvalue weighted by Crippen LogP contribution is -2.34. The standard InChI is InChI=1S/C31H32FN5O2/c1-21-11-13-24(32)18-25(21)31(39)37(17-7-15-35(2)3)28-14-12-22(19-33-28)30(38)29-27-10-6-16-36(27)20-23-8-4-5-9-26(23)34-29/h4-6,8-14,16,18-19,29,34H,7,15,17,20H2,1-3H3. The second-order valence-electron chi connectivity index (χ2n) is 10.1. The quantitative estimate of drug-likeness (QED) is 0.315. The lowest BCUT2D eigenvalue weighted by atomic mass is 10.0. The Labute approximate surface area is 227 Å². The van der Waals surface area contributed by atoms with Crippen molar-refractivity contribution in [1.29, 1.82) is 0 Å². The number of Topliss-reactive ketones (excluding diaryl/α,β-unsaturated/α-hetero) is 1. The predicted octanol–water partition coefficient (Wildman–Crippen LogP) is 5.33. The van der Waals surface area contributed by atoms with Gasteiger partial charge in [0, 0.05) is 48.0 Å². The van der Waals surface area contributed by atoms with Gasteiger partial charge in [0.15, 0.2) is 5.78 Å². The van der Waals surface area contributed by atoms with Crippen molar-refractivity contribution < 1.29 is 14.0 Å². The number of nitrogens with one attached hydrogen (secondary N) is 1. The number of hydrogen-bond acceptors (Lipinski definition) is 5. The van der Waals surface area contributed by atoms with E-state index < -0.39 is 11.9 Å². The smallest absolute Gasteiger partial charge is 0.259 e. The maximum atomic E-state index is 14.0. The first-order valence-corrected chi connectivity index (χ1v) is 13.0. The predicted molar refractivity (Wildman–Crippen MR) is 151 cm³/mol. The molecule has 8 heteroatoms. The van der Waals surface area contributed by atoms with Gasteiger partial charge in [-0.15, -0.1) is 0 Å². The molecule has 3 heterocycles. The van der Waals surface area contributed by atoms with Gasteiger partial charge in [0.25, 0.3) is 5.91 Å². The topological polar surface area (TPSA) is 70.5 Å². The van der Waals surface area contributed by atoms with E-state index in [1.165, 1.54) is 18.3 Å². The Morgan fingerprint density at radius 2 is 1.87 bits per heavy atom. The van der Waals surface area contributed by atoms with Crippen molar-refractivity contribution in [2.75, 3.05) is 37.4 Å². The van der Waals surface area contributed by atoms with Gasteiger partial charge in [-0.1, -0.05) is 24.3 Å². The first-order chi connectivity index (χ1) is 18.8. The molecule has 5 rings (SSSR count). The molecule has 0 saturated carbocycles. The van der Waals surface area contributed by atoms with Crippen molar-refractivity contribution >= 4 is 23.2 Å². The molecule has 39 heavy (non-hydrogen) atoms. The highest BCUT2D eigenvalue weighted by Crippen LogP contribution is 2.31. The monoisotopic (exact) mass is 525 g/mol. The van der Waals surface area contributed by atoms with E-state index in [4.69, 9.17) is 0 Å². The molecule has 0 radical (unpaired) electrons. The second-order valence-corrected chi connectivity index (χ2v) is 10.1. The van der Waals surface area contributed by atoms with E-state index in [-0.39, 0.29) is 11.7 Å². The summed E-state index contributed by atoms with van der Waals surface area (Å²) in [4.78, 5) is 35.4. The van der Waals surface area contributed by atoms with Crippen LogP contribution in [0.15, 0.2) is 79.1 Å². The minimum Gasteiger partial charge on any atom is -0.370 e. The van der Waals surface area contributed by atoms with Crippen molar-refractivity contribution in [3.05, 3.63) is 113 Å². The summed E-state index contributed by atoms with van der Waals surface area (Å²) in [6.07, 6.45) is 4.21. The fourth-order valence-electron chi connectivity index (χ4n) is 4.94. The van der Waals surface area contributed by atoms with Crippen LogP contribution in [0, 0.1) is 12.7 Å². The number of aromatic nitrogens is 2. The van der Waals surface area contributed by atoms with Crippen LogP contribution in [0.2, 0.25) is 0 Å². The zero-order valence-electron chi connectivity index (χ0n) is 22.4. The van der Waals surface area contributed by atoms with Crippen LogP contribution < -0.4 is 10.2 Å². The number of halogens is 1. The van der Waals surface area contributed by atoms with Crippen molar-refractivity contribution in [2.24, 2.45) is 0 Å². The van der Waals surface area contributed by atoms with E-state index in [9.17, 15) is 14.0 Å². The van der Waals surface area contributed by atoms with Gasteiger partial charge in [-0.05, 0) is 87.6 Å². The summed E-state index contributed by atoms with van der Waals surface area (Å²) in [5.74, 6) is -0.482. The normalized spacial score (nSPS) is 14.2. The summed E-state index contributed by atoms with van der Waals surface area (Å²) in [6, 6.07) is 18.9. The summed E-state index contributed by atoms with van der Waals surface area (Å²) < 4.78 is 16.1. The van der Waals surface area contributed by atoms with Gasteiger partial charge in [0.05, 0.1) is 0 Å². The Bertz CT molecular complexity index is 1500. The van der Waals surface area contributed by atoms with Gasteiger partial charge >= 0.3 is 0 Å². The lowest BCUT2D eigenvalue weighted by molar-refractivity contribution is 0.0965. The fraction of sp³-hybridized carbons (Fsp3) is 0.258. The molecule has 1 aliphatic heterocycles. The fourth-order valence-corrected chi connectivity index (χ4v) is 4.94. The van der Waals surface area contributed by atoms with Crippen molar-refractivity contribution in [2.45, 2.75) is 25.9 Å². The first kappa shape index (κ1) is 26.3. The van der Waals surface area contributed by atoms with Crippen LogP contribution in [-0.2, 0) is 6.54 Å². The molecule has 0 bridgehead atoms. The third-order valence-corrected chi connectivity index (χ3v) is 7.05. The number of carbonyl (C=O) groups is 2. The number of para-hydroxylation sites is 1. The number of ketones is 1. The highest BCUT2D eigenvalue weighted by atomic mass is 19.1. The molecule has 4 aromatic rings. The second kappa shape index (κ2) is 11.2. The van der Waals surface area contributed by atoms with Crippen molar-refractivity contribution in [3.8, 4) is 0 Å². The van der Waals surface area contributed by atoms with E-state index in [1.807, 2.05) is 55.5 Å². The number of hydrogen-bond donors (Lipinski definition) is 1. The van der Waals surface area contributed by atoms with Crippen LogP contribution >= 0.6 is 0 Å². The zero-order chi connectivity index (χ0) is 27.5. The van der Waals surface area contributed by atoms with Crippen LogP contribution in [0.5, 0.6) is 0 Å². The minimum atomic E-state index is -0.580. The van der Waals surface area contributed by atoms with Crippen molar-refractivity contribution in [1.82, 2.24) is 14.5 Å². The van der Waals surface area contributed by atoms with Gasteiger partial charge in [0.1, 0.15) is 17.7 Å². The number of rotatable bonds is 8. The maximum Gasteiger partial charge on any atom is 0.259 e. The highest BCUT2D eigenvalue weighted by molar-refractivity contribution is 6.07. The molecule has 1 atom stereocenters. The molecule has 1 aliphatic rings.